The summed E-state index contributed by atoms with van der Waals surface area (Å²) >= 11 is 1.65. The summed E-state index contributed by atoms with van der Waals surface area (Å²) in [6, 6.07) is 6.28. The van der Waals surface area contributed by atoms with Crippen molar-refractivity contribution in [2.75, 3.05) is 18.4 Å². The lowest BCUT2D eigenvalue weighted by Crippen LogP contribution is -2.32. The minimum atomic E-state index is 0.524. The van der Waals surface area contributed by atoms with Crippen LogP contribution in [0, 0.1) is 13.8 Å². The first-order valence-corrected chi connectivity index (χ1v) is 10.8. The number of thiazole rings is 1. The molecule has 1 fully saturated rings. The summed E-state index contributed by atoms with van der Waals surface area (Å²) in [6.45, 7) is 10.4. The Morgan fingerprint density at radius 3 is 2.71 bits per heavy atom. The first-order chi connectivity index (χ1) is 13.6. The van der Waals surface area contributed by atoms with Gasteiger partial charge in [0, 0.05) is 47.5 Å². The second-order valence-corrected chi connectivity index (χ2v) is 8.73. The first kappa shape index (κ1) is 19.1. The SMILES string of the molecule is CCn1cc(CN2CCC(c3cccc(Nc4ncc(C)s4)n3)CC2)c(C)n1. The standard InChI is InChI=1S/C21H28N6S/c1-4-27-14-18(16(3)25-27)13-26-10-8-17(9-11-26)19-6-5-7-20(23-19)24-21-22-12-15(2)28-21/h5-7,12,14,17H,4,8-11,13H2,1-3H3,(H,22,23,24). The van der Waals surface area contributed by atoms with Crippen molar-refractivity contribution in [2.24, 2.45) is 0 Å². The van der Waals surface area contributed by atoms with Crippen molar-refractivity contribution < 1.29 is 0 Å². The summed E-state index contributed by atoms with van der Waals surface area (Å²) in [5.41, 5.74) is 3.69. The average Bonchev–Trinajstić information content (AvgIpc) is 3.27. The molecule has 28 heavy (non-hydrogen) atoms. The van der Waals surface area contributed by atoms with Crippen molar-refractivity contribution in [3.8, 4) is 0 Å². The lowest BCUT2D eigenvalue weighted by atomic mass is 9.93. The molecule has 0 spiro atoms. The zero-order chi connectivity index (χ0) is 19.5. The molecule has 6 nitrogen and oxygen atoms in total. The van der Waals surface area contributed by atoms with Gasteiger partial charge in [-0.2, -0.15) is 5.10 Å². The minimum absolute atomic E-state index is 0.524. The fraction of sp³-hybridized carbons (Fsp3) is 0.476. The Labute approximate surface area is 170 Å². The predicted molar refractivity (Wildman–Crippen MR) is 114 cm³/mol. The normalized spacial score (nSPS) is 15.8. The van der Waals surface area contributed by atoms with Gasteiger partial charge in [0.05, 0.1) is 5.69 Å². The van der Waals surface area contributed by atoms with Gasteiger partial charge in [0.1, 0.15) is 5.82 Å². The van der Waals surface area contributed by atoms with Gasteiger partial charge in [0.2, 0.25) is 0 Å². The molecule has 0 radical (unpaired) electrons. The van der Waals surface area contributed by atoms with Crippen LogP contribution in [-0.4, -0.2) is 37.7 Å². The number of hydrogen-bond donors (Lipinski definition) is 1. The van der Waals surface area contributed by atoms with E-state index in [2.05, 4.69) is 59.4 Å². The van der Waals surface area contributed by atoms with Gasteiger partial charge in [-0.05, 0) is 58.8 Å². The van der Waals surface area contributed by atoms with Crippen molar-refractivity contribution >= 4 is 22.3 Å². The monoisotopic (exact) mass is 396 g/mol. The molecule has 0 saturated carbocycles. The summed E-state index contributed by atoms with van der Waals surface area (Å²) in [4.78, 5) is 13.0. The van der Waals surface area contributed by atoms with Crippen molar-refractivity contribution in [3.63, 3.8) is 0 Å². The largest absolute Gasteiger partial charge is 0.316 e. The topological polar surface area (TPSA) is 58.9 Å². The van der Waals surface area contributed by atoms with Gasteiger partial charge < -0.3 is 5.32 Å². The van der Waals surface area contributed by atoms with E-state index < -0.39 is 0 Å². The number of nitrogens with one attached hydrogen (secondary N) is 1. The van der Waals surface area contributed by atoms with Crippen molar-refractivity contribution in [3.05, 3.63) is 52.4 Å². The number of rotatable bonds is 6. The van der Waals surface area contributed by atoms with Crippen LogP contribution in [0.1, 0.15) is 47.5 Å². The summed E-state index contributed by atoms with van der Waals surface area (Å²) in [5.74, 6) is 1.41. The van der Waals surface area contributed by atoms with Crippen LogP contribution in [0.5, 0.6) is 0 Å². The summed E-state index contributed by atoms with van der Waals surface area (Å²) in [6.07, 6.45) is 6.37. The van der Waals surface area contributed by atoms with Gasteiger partial charge in [0.25, 0.3) is 0 Å². The molecule has 0 aromatic carbocycles. The van der Waals surface area contributed by atoms with Gasteiger partial charge in [-0.1, -0.05) is 6.07 Å². The third-order valence-corrected chi connectivity index (χ3v) is 6.23. The van der Waals surface area contributed by atoms with Crippen LogP contribution in [0.15, 0.2) is 30.6 Å². The summed E-state index contributed by atoms with van der Waals surface area (Å²) in [7, 11) is 0. The van der Waals surface area contributed by atoms with Gasteiger partial charge in [-0.3, -0.25) is 9.58 Å². The zero-order valence-corrected chi connectivity index (χ0v) is 17.7. The molecular formula is C21H28N6S. The highest BCUT2D eigenvalue weighted by Gasteiger charge is 2.22. The van der Waals surface area contributed by atoms with E-state index in [1.165, 1.54) is 16.1 Å². The smallest absolute Gasteiger partial charge is 0.188 e. The average molecular weight is 397 g/mol. The number of piperidine rings is 1. The van der Waals surface area contributed by atoms with Crippen LogP contribution in [-0.2, 0) is 13.1 Å². The molecule has 0 atom stereocenters. The second kappa shape index (κ2) is 8.41. The predicted octanol–water partition coefficient (Wildman–Crippen LogP) is 4.49. The minimum Gasteiger partial charge on any atom is -0.316 e. The lowest BCUT2D eigenvalue weighted by molar-refractivity contribution is 0.203. The third-order valence-electron chi connectivity index (χ3n) is 5.40. The Bertz CT molecular complexity index is 923. The van der Waals surface area contributed by atoms with Crippen molar-refractivity contribution in [2.45, 2.75) is 52.6 Å². The maximum atomic E-state index is 4.86. The van der Waals surface area contributed by atoms with E-state index >= 15 is 0 Å². The maximum Gasteiger partial charge on any atom is 0.188 e. The van der Waals surface area contributed by atoms with Gasteiger partial charge in [0.15, 0.2) is 5.13 Å². The molecule has 4 heterocycles. The molecule has 1 aliphatic heterocycles. The molecule has 3 aromatic heterocycles. The fourth-order valence-electron chi connectivity index (χ4n) is 3.77. The fourth-order valence-corrected chi connectivity index (χ4v) is 4.45. The highest BCUT2D eigenvalue weighted by atomic mass is 32.1. The Balaban J connectivity index is 1.35. The first-order valence-electron chi connectivity index (χ1n) is 10.0. The molecule has 148 valence electrons. The van der Waals surface area contributed by atoms with E-state index in [0.29, 0.717) is 5.92 Å². The molecule has 7 heteroatoms. The number of likely N-dealkylation sites (tertiary alicyclic amines) is 1. The maximum absolute atomic E-state index is 4.86. The van der Waals surface area contributed by atoms with E-state index in [4.69, 9.17) is 4.98 Å². The molecule has 0 aliphatic carbocycles. The summed E-state index contributed by atoms with van der Waals surface area (Å²) < 4.78 is 2.03. The van der Waals surface area contributed by atoms with Crippen LogP contribution < -0.4 is 5.32 Å². The van der Waals surface area contributed by atoms with Gasteiger partial charge in [-0.25, -0.2) is 9.97 Å². The Hall–Kier alpha value is -2.25. The van der Waals surface area contributed by atoms with Crippen molar-refractivity contribution in [1.82, 2.24) is 24.6 Å². The van der Waals surface area contributed by atoms with Crippen LogP contribution in [0.2, 0.25) is 0 Å². The van der Waals surface area contributed by atoms with E-state index in [-0.39, 0.29) is 0 Å². The van der Waals surface area contributed by atoms with Crippen LogP contribution in [0.4, 0.5) is 10.9 Å². The highest BCUT2D eigenvalue weighted by molar-refractivity contribution is 7.15. The number of aryl methyl sites for hydroxylation is 3. The highest BCUT2D eigenvalue weighted by Crippen LogP contribution is 2.29. The Morgan fingerprint density at radius 2 is 2.04 bits per heavy atom. The second-order valence-electron chi connectivity index (χ2n) is 7.49. The molecule has 1 saturated heterocycles. The molecule has 1 N–H and O–H groups in total. The Kier molecular flexibility index (Phi) is 5.73. The summed E-state index contributed by atoms with van der Waals surface area (Å²) in [5, 5.41) is 8.81. The molecule has 0 unspecified atom stereocenters. The zero-order valence-electron chi connectivity index (χ0n) is 16.9. The van der Waals surface area contributed by atoms with E-state index in [1.807, 2.05) is 16.9 Å². The van der Waals surface area contributed by atoms with E-state index in [1.54, 1.807) is 11.3 Å². The molecule has 0 bridgehead atoms. The lowest BCUT2D eigenvalue weighted by Gasteiger charge is -2.31. The molecular weight excluding hydrogens is 368 g/mol. The van der Waals surface area contributed by atoms with Gasteiger partial charge in [-0.15, -0.1) is 11.3 Å². The number of anilines is 2. The number of aromatic nitrogens is 4. The molecule has 3 aromatic rings. The van der Waals surface area contributed by atoms with Crippen LogP contribution in [0.3, 0.4) is 0 Å². The Morgan fingerprint density at radius 1 is 1.21 bits per heavy atom. The number of nitrogens with zero attached hydrogens (tertiary/aromatic N) is 5. The van der Waals surface area contributed by atoms with E-state index in [9.17, 15) is 0 Å². The van der Waals surface area contributed by atoms with Crippen LogP contribution >= 0.6 is 11.3 Å². The number of hydrogen-bond acceptors (Lipinski definition) is 6. The van der Waals surface area contributed by atoms with Crippen molar-refractivity contribution in [1.29, 1.82) is 0 Å². The number of pyridine rings is 1. The van der Waals surface area contributed by atoms with Gasteiger partial charge >= 0.3 is 0 Å². The molecule has 4 rings (SSSR count). The quantitative estimate of drug-likeness (QED) is 0.665. The third kappa shape index (κ3) is 4.42. The van der Waals surface area contributed by atoms with Crippen LogP contribution in [0.25, 0.3) is 0 Å². The van der Waals surface area contributed by atoms with E-state index in [0.717, 1.165) is 55.7 Å². The molecule has 0 amide bonds. The molecule has 1 aliphatic rings.